The molecule has 3 rings (SSSR count). The Morgan fingerprint density at radius 2 is 2.29 bits per heavy atom. The normalized spacial score (nSPS) is 22.4. The van der Waals surface area contributed by atoms with E-state index in [9.17, 15) is 5.11 Å². The van der Waals surface area contributed by atoms with Gasteiger partial charge in [0.25, 0.3) is 0 Å². The Labute approximate surface area is 123 Å². The maximum Gasteiger partial charge on any atom is 0.226 e. The zero-order valence-electron chi connectivity index (χ0n) is 12.1. The molecule has 0 aromatic carbocycles. The fourth-order valence-corrected chi connectivity index (χ4v) is 2.64. The second-order valence-electron chi connectivity index (χ2n) is 5.38. The number of hydrogen-bond donors (Lipinski definition) is 2. The molecule has 1 atom stereocenters. The first-order valence-electron chi connectivity index (χ1n) is 6.96. The number of methoxy groups -OCH3 is 1. The Morgan fingerprint density at radius 3 is 2.90 bits per heavy atom. The highest BCUT2D eigenvalue weighted by Crippen LogP contribution is 2.39. The molecule has 0 saturated heterocycles. The number of aromatic nitrogens is 4. The van der Waals surface area contributed by atoms with Gasteiger partial charge in [-0.3, -0.25) is 4.68 Å². The third kappa shape index (κ3) is 2.97. The number of nitrogens with one attached hydrogen (secondary N) is 1. The summed E-state index contributed by atoms with van der Waals surface area (Å²) in [6.07, 6.45) is 6.81. The topological polar surface area (TPSA) is 85.1 Å². The van der Waals surface area contributed by atoms with Crippen molar-refractivity contribution in [3.63, 3.8) is 0 Å². The lowest BCUT2D eigenvalue weighted by atomic mass is 9.75. The third-order valence-electron chi connectivity index (χ3n) is 3.83. The van der Waals surface area contributed by atoms with Gasteiger partial charge in [-0.05, 0) is 18.8 Å². The zero-order chi connectivity index (χ0) is 14.8. The van der Waals surface area contributed by atoms with Crippen LogP contribution in [0, 0.1) is 5.92 Å². The number of anilines is 1. The quantitative estimate of drug-likeness (QED) is 0.858. The summed E-state index contributed by atoms with van der Waals surface area (Å²) in [5.74, 6) is 1.38. The molecule has 0 aliphatic heterocycles. The summed E-state index contributed by atoms with van der Waals surface area (Å²) < 4.78 is 6.89. The smallest absolute Gasteiger partial charge is 0.226 e. The minimum absolute atomic E-state index is 0.0363. The molecule has 7 nitrogen and oxygen atoms in total. The van der Waals surface area contributed by atoms with Crippen LogP contribution in [0.25, 0.3) is 0 Å². The molecule has 2 aromatic heterocycles. The minimum Gasteiger partial charge on any atom is -0.481 e. The van der Waals surface area contributed by atoms with Crippen LogP contribution in [-0.4, -0.2) is 38.1 Å². The van der Waals surface area contributed by atoms with E-state index in [2.05, 4.69) is 20.4 Å². The Morgan fingerprint density at radius 1 is 1.48 bits per heavy atom. The average molecular weight is 289 g/mol. The van der Waals surface area contributed by atoms with Crippen LogP contribution >= 0.6 is 0 Å². The van der Waals surface area contributed by atoms with Gasteiger partial charge in [0.05, 0.1) is 25.5 Å². The number of nitrogens with zero attached hydrogens (tertiary/aromatic N) is 4. The Hall–Kier alpha value is -2.15. The van der Waals surface area contributed by atoms with E-state index in [-0.39, 0.29) is 12.1 Å². The van der Waals surface area contributed by atoms with Gasteiger partial charge in [-0.25, -0.2) is 4.98 Å². The van der Waals surface area contributed by atoms with Crippen molar-refractivity contribution in [3.05, 3.63) is 30.2 Å². The van der Waals surface area contributed by atoms with E-state index in [4.69, 9.17) is 4.74 Å². The third-order valence-corrected chi connectivity index (χ3v) is 3.83. The zero-order valence-corrected chi connectivity index (χ0v) is 12.1. The summed E-state index contributed by atoms with van der Waals surface area (Å²) in [7, 11) is 3.46. The largest absolute Gasteiger partial charge is 0.481 e. The number of aliphatic hydroxyl groups is 1. The first kappa shape index (κ1) is 13.8. The summed E-state index contributed by atoms with van der Waals surface area (Å²) in [6.45, 7) is 0. The number of ether oxygens (including phenoxy) is 1. The van der Waals surface area contributed by atoms with Gasteiger partial charge in [-0.2, -0.15) is 10.1 Å². The average Bonchev–Trinajstić information content (AvgIpc) is 2.88. The van der Waals surface area contributed by atoms with Crippen molar-refractivity contribution in [1.29, 1.82) is 0 Å². The fraction of sp³-hybridized carbons (Fsp3) is 0.500. The van der Waals surface area contributed by atoms with Gasteiger partial charge >= 0.3 is 0 Å². The molecule has 1 saturated carbocycles. The van der Waals surface area contributed by atoms with Gasteiger partial charge in [0.15, 0.2) is 0 Å². The van der Waals surface area contributed by atoms with Crippen LogP contribution in [0.2, 0.25) is 0 Å². The summed E-state index contributed by atoms with van der Waals surface area (Å²) >= 11 is 0. The number of aryl methyl sites for hydroxylation is 1. The molecule has 0 amide bonds. The van der Waals surface area contributed by atoms with Crippen molar-refractivity contribution in [1.82, 2.24) is 19.7 Å². The van der Waals surface area contributed by atoms with Crippen molar-refractivity contribution in [3.8, 4) is 5.88 Å². The molecule has 0 spiro atoms. The van der Waals surface area contributed by atoms with E-state index >= 15 is 0 Å². The molecule has 1 aliphatic rings. The van der Waals surface area contributed by atoms with Crippen molar-refractivity contribution in [2.45, 2.75) is 25.0 Å². The van der Waals surface area contributed by atoms with E-state index in [0.717, 1.165) is 18.4 Å². The van der Waals surface area contributed by atoms with E-state index in [1.807, 2.05) is 19.4 Å². The second kappa shape index (κ2) is 5.69. The maximum atomic E-state index is 9.57. The molecular weight excluding hydrogens is 270 g/mol. The Bertz CT molecular complexity index is 609. The number of rotatable bonds is 5. The van der Waals surface area contributed by atoms with E-state index in [0.29, 0.717) is 17.7 Å². The van der Waals surface area contributed by atoms with Crippen LogP contribution in [-0.2, 0) is 7.05 Å². The maximum absolute atomic E-state index is 9.57. The van der Waals surface area contributed by atoms with Gasteiger partial charge in [0.1, 0.15) is 0 Å². The molecule has 2 N–H and O–H groups in total. The standard InChI is InChI=1S/C14H19N5O2/c1-19-8-10(7-16-19)13(9-5-11(20)6-9)18-14-15-4-3-12(17-14)21-2/h3-4,7-9,11,13,20H,5-6H2,1-2H3,(H,15,17,18)/t9?,11?,13-/m1/s1. The lowest BCUT2D eigenvalue weighted by Crippen LogP contribution is -2.36. The molecule has 112 valence electrons. The predicted octanol–water partition coefficient (Wildman–Crippen LogP) is 1.14. The Balaban J connectivity index is 1.81. The van der Waals surface area contributed by atoms with Crippen LogP contribution in [0.5, 0.6) is 5.88 Å². The number of aliphatic hydroxyl groups excluding tert-OH is 1. The summed E-state index contributed by atoms with van der Waals surface area (Å²) in [4.78, 5) is 8.52. The SMILES string of the molecule is COc1ccnc(N[C@@H](c2cnn(C)c2)C2CC(O)C2)n1. The van der Waals surface area contributed by atoms with Crippen molar-refractivity contribution in [2.75, 3.05) is 12.4 Å². The van der Waals surface area contributed by atoms with Crippen LogP contribution < -0.4 is 10.1 Å². The van der Waals surface area contributed by atoms with Gasteiger partial charge in [-0.1, -0.05) is 0 Å². The molecule has 2 heterocycles. The van der Waals surface area contributed by atoms with Crippen LogP contribution in [0.1, 0.15) is 24.4 Å². The summed E-state index contributed by atoms with van der Waals surface area (Å²) in [6, 6.07) is 1.74. The monoisotopic (exact) mass is 289 g/mol. The second-order valence-corrected chi connectivity index (χ2v) is 5.38. The highest BCUT2D eigenvalue weighted by atomic mass is 16.5. The van der Waals surface area contributed by atoms with Crippen molar-refractivity contribution < 1.29 is 9.84 Å². The number of hydrogen-bond acceptors (Lipinski definition) is 6. The molecule has 1 fully saturated rings. The van der Waals surface area contributed by atoms with Crippen molar-refractivity contribution in [2.24, 2.45) is 13.0 Å². The summed E-state index contributed by atoms with van der Waals surface area (Å²) in [5, 5.41) is 17.1. The van der Waals surface area contributed by atoms with E-state index in [1.54, 1.807) is 24.1 Å². The van der Waals surface area contributed by atoms with Gasteiger partial charge in [0, 0.05) is 31.1 Å². The summed E-state index contributed by atoms with van der Waals surface area (Å²) in [5.41, 5.74) is 1.07. The minimum atomic E-state index is -0.206. The highest BCUT2D eigenvalue weighted by Gasteiger charge is 2.35. The molecule has 0 unspecified atom stereocenters. The van der Waals surface area contributed by atoms with Gasteiger partial charge in [0.2, 0.25) is 11.8 Å². The van der Waals surface area contributed by atoms with Gasteiger partial charge in [-0.15, -0.1) is 0 Å². The van der Waals surface area contributed by atoms with Crippen LogP contribution in [0.15, 0.2) is 24.7 Å². The van der Waals surface area contributed by atoms with Crippen LogP contribution in [0.3, 0.4) is 0 Å². The molecule has 0 radical (unpaired) electrons. The lowest BCUT2D eigenvalue weighted by molar-refractivity contribution is 0.0338. The molecule has 0 bridgehead atoms. The van der Waals surface area contributed by atoms with Crippen molar-refractivity contribution >= 4 is 5.95 Å². The fourth-order valence-electron chi connectivity index (χ4n) is 2.64. The van der Waals surface area contributed by atoms with Crippen LogP contribution in [0.4, 0.5) is 5.95 Å². The lowest BCUT2D eigenvalue weighted by Gasteiger charge is -2.37. The van der Waals surface area contributed by atoms with Gasteiger partial charge < -0.3 is 15.2 Å². The highest BCUT2D eigenvalue weighted by molar-refractivity contribution is 5.33. The molecular formula is C14H19N5O2. The molecule has 21 heavy (non-hydrogen) atoms. The molecule has 2 aromatic rings. The predicted molar refractivity (Wildman–Crippen MR) is 76.9 cm³/mol. The van der Waals surface area contributed by atoms with E-state index < -0.39 is 0 Å². The first-order valence-corrected chi connectivity index (χ1v) is 6.96. The Kier molecular flexibility index (Phi) is 3.74. The molecule has 1 aliphatic carbocycles. The van der Waals surface area contributed by atoms with E-state index in [1.165, 1.54) is 0 Å². The first-order chi connectivity index (χ1) is 10.2. The molecule has 7 heteroatoms.